The Morgan fingerprint density at radius 3 is 2.48 bits per heavy atom. The lowest BCUT2D eigenvalue weighted by atomic mass is 10.0. The Morgan fingerprint density at radius 2 is 1.70 bits per heavy atom. The number of nitrogens with one attached hydrogen (secondary N) is 1. The van der Waals surface area contributed by atoms with Crippen LogP contribution in [0.15, 0.2) is 42.5 Å². The van der Waals surface area contributed by atoms with Gasteiger partial charge in [-0.25, -0.2) is 0 Å². The molecule has 1 aliphatic rings. The van der Waals surface area contributed by atoms with Crippen molar-refractivity contribution in [2.24, 2.45) is 0 Å². The summed E-state index contributed by atoms with van der Waals surface area (Å²) in [5.74, 6) is 0.115. The highest BCUT2D eigenvalue weighted by Gasteiger charge is 2.23. The molecule has 2 aromatic carbocycles. The lowest BCUT2D eigenvalue weighted by Gasteiger charge is -2.25. The van der Waals surface area contributed by atoms with Crippen LogP contribution in [0.1, 0.15) is 37.6 Å². The van der Waals surface area contributed by atoms with Gasteiger partial charge in [0.2, 0.25) is 5.91 Å². The summed E-state index contributed by atoms with van der Waals surface area (Å²) in [6.07, 6.45) is 0.874. The van der Waals surface area contributed by atoms with Crippen LogP contribution in [0.2, 0.25) is 0 Å². The van der Waals surface area contributed by atoms with E-state index in [1.54, 1.807) is 0 Å². The molecule has 1 N–H and O–H groups in total. The minimum Gasteiger partial charge on any atom is -0.350 e. The first-order chi connectivity index (χ1) is 12.8. The number of rotatable bonds is 3. The molecule has 5 heteroatoms. The quantitative estimate of drug-likeness (QED) is 0.908. The fourth-order valence-corrected chi connectivity index (χ4v) is 3.58. The number of fused-ring (bicyclic) bond motifs is 1. The number of hydrogen-bond donors (Lipinski definition) is 1. The number of carbonyl (C=O) groups excluding carboxylic acids is 2. The predicted octanol–water partition coefficient (Wildman–Crippen LogP) is 2.90. The molecule has 2 aromatic rings. The largest absolute Gasteiger partial charge is 0.350 e. The lowest BCUT2D eigenvalue weighted by molar-refractivity contribution is -0.123. The maximum absolute atomic E-state index is 13.1. The molecule has 2 amide bonds. The third-order valence-corrected chi connectivity index (χ3v) is 4.78. The molecule has 1 fully saturated rings. The van der Waals surface area contributed by atoms with Crippen molar-refractivity contribution >= 4 is 22.6 Å². The van der Waals surface area contributed by atoms with Crippen molar-refractivity contribution in [3.05, 3.63) is 48.0 Å². The summed E-state index contributed by atoms with van der Waals surface area (Å²) in [6.45, 7) is 9.25. The summed E-state index contributed by atoms with van der Waals surface area (Å²) in [5.41, 5.74) is 0.534. The minimum atomic E-state index is -0.223. The van der Waals surface area contributed by atoms with Crippen LogP contribution in [-0.4, -0.2) is 59.9 Å². The second kappa shape index (κ2) is 8.09. The van der Waals surface area contributed by atoms with Crippen molar-refractivity contribution in [1.82, 2.24) is 15.1 Å². The summed E-state index contributed by atoms with van der Waals surface area (Å²) in [7, 11) is 0. The summed E-state index contributed by atoms with van der Waals surface area (Å²) in [6, 6.07) is 13.9. The van der Waals surface area contributed by atoms with Gasteiger partial charge >= 0.3 is 0 Å². The molecule has 0 radical (unpaired) electrons. The van der Waals surface area contributed by atoms with Gasteiger partial charge in [-0.15, -0.1) is 0 Å². The average molecular weight is 367 g/mol. The van der Waals surface area contributed by atoms with Gasteiger partial charge in [0.15, 0.2) is 0 Å². The molecule has 1 heterocycles. The van der Waals surface area contributed by atoms with Crippen molar-refractivity contribution in [1.29, 1.82) is 0 Å². The van der Waals surface area contributed by atoms with E-state index in [4.69, 9.17) is 0 Å². The fraction of sp³-hybridized carbons (Fsp3) is 0.455. The van der Waals surface area contributed by atoms with Crippen LogP contribution in [-0.2, 0) is 4.79 Å². The Hall–Kier alpha value is -2.40. The van der Waals surface area contributed by atoms with Crippen LogP contribution in [0.4, 0.5) is 0 Å². The number of hydrogen-bond acceptors (Lipinski definition) is 3. The first kappa shape index (κ1) is 19.4. The summed E-state index contributed by atoms with van der Waals surface area (Å²) >= 11 is 0. The van der Waals surface area contributed by atoms with Crippen molar-refractivity contribution in [3.63, 3.8) is 0 Å². The Morgan fingerprint density at radius 1 is 0.963 bits per heavy atom. The van der Waals surface area contributed by atoms with Crippen molar-refractivity contribution in [2.45, 2.75) is 32.7 Å². The summed E-state index contributed by atoms with van der Waals surface area (Å²) in [5, 5.41) is 5.08. The molecule has 0 spiro atoms. The molecule has 0 bridgehead atoms. The van der Waals surface area contributed by atoms with Gasteiger partial charge in [-0.3, -0.25) is 14.5 Å². The van der Waals surface area contributed by atoms with E-state index in [-0.39, 0.29) is 17.4 Å². The highest BCUT2D eigenvalue weighted by Crippen LogP contribution is 2.20. The van der Waals surface area contributed by atoms with E-state index in [2.05, 4.69) is 10.2 Å². The minimum absolute atomic E-state index is 0.0383. The zero-order valence-corrected chi connectivity index (χ0v) is 16.5. The highest BCUT2D eigenvalue weighted by atomic mass is 16.2. The Balaban J connectivity index is 1.65. The van der Waals surface area contributed by atoms with Crippen LogP contribution >= 0.6 is 0 Å². The number of nitrogens with zero attached hydrogens (tertiary/aromatic N) is 2. The fourth-order valence-electron chi connectivity index (χ4n) is 3.58. The molecule has 0 aliphatic carbocycles. The maximum atomic E-state index is 13.1. The van der Waals surface area contributed by atoms with E-state index in [1.807, 2.05) is 68.1 Å². The first-order valence-corrected chi connectivity index (χ1v) is 9.64. The van der Waals surface area contributed by atoms with Gasteiger partial charge in [-0.2, -0.15) is 0 Å². The number of amides is 2. The second-order valence-electron chi connectivity index (χ2n) is 8.25. The predicted molar refractivity (Wildman–Crippen MR) is 109 cm³/mol. The normalized spacial score (nSPS) is 16.2. The molecule has 5 nitrogen and oxygen atoms in total. The van der Waals surface area contributed by atoms with Crippen LogP contribution < -0.4 is 5.32 Å². The van der Waals surface area contributed by atoms with Crippen LogP contribution in [0, 0.1) is 0 Å². The average Bonchev–Trinajstić information content (AvgIpc) is 2.84. The molecular weight excluding hydrogens is 338 g/mol. The van der Waals surface area contributed by atoms with Crippen LogP contribution in [0.25, 0.3) is 10.8 Å². The molecule has 0 unspecified atom stereocenters. The highest BCUT2D eigenvalue weighted by molar-refractivity contribution is 6.07. The van der Waals surface area contributed by atoms with Gasteiger partial charge in [0.05, 0.1) is 6.54 Å². The van der Waals surface area contributed by atoms with E-state index in [0.717, 1.165) is 35.8 Å². The molecule has 1 aliphatic heterocycles. The van der Waals surface area contributed by atoms with E-state index in [0.29, 0.717) is 19.6 Å². The van der Waals surface area contributed by atoms with E-state index in [9.17, 15) is 9.59 Å². The second-order valence-corrected chi connectivity index (χ2v) is 8.25. The standard InChI is InChI=1S/C22H29N3O2/c1-22(2,3)23-20(26)16-24-12-7-13-25(15-14-24)21(27)19-11-6-9-17-8-4-5-10-18(17)19/h4-6,8-11H,7,12-16H2,1-3H3,(H,23,26). The maximum Gasteiger partial charge on any atom is 0.254 e. The van der Waals surface area contributed by atoms with Crippen molar-refractivity contribution in [3.8, 4) is 0 Å². The van der Waals surface area contributed by atoms with Gasteiger partial charge in [0.1, 0.15) is 0 Å². The Kier molecular flexibility index (Phi) is 5.80. The van der Waals surface area contributed by atoms with Gasteiger partial charge in [0, 0.05) is 37.3 Å². The van der Waals surface area contributed by atoms with Crippen molar-refractivity contribution < 1.29 is 9.59 Å². The van der Waals surface area contributed by atoms with Gasteiger partial charge in [0.25, 0.3) is 5.91 Å². The van der Waals surface area contributed by atoms with E-state index in [1.165, 1.54) is 0 Å². The van der Waals surface area contributed by atoms with Gasteiger partial charge in [-0.05, 0) is 44.0 Å². The first-order valence-electron chi connectivity index (χ1n) is 9.64. The molecule has 0 aromatic heterocycles. The third kappa shape index (κ3) is 5.07. The zero-order valence-electron chi connectivity index (χ0n) is 16.5. The molecule has 144 valence electrons. The molecule has 27 heavy (non-hydrogen) atoms. The molecule has 3 rings (SSSR count). The monoisotopic (exact) mass is 367 g/mol. The third-order valence-electron chi connectivity index (χ3n) is 4.78. The topological polar surface area (TPSA) is 52.7 Å². The number of carbonyl (C=O) groups is 2. The van der Waals surface area contributed by atoms with Crippen LogP contribution in [0.5, 0.6) is 0 Å². The van der Waals surface area contributed by atoms with E-state index >= 15 is 0 Å². The Bertz CT molecular complexity index is 820. The number of benzene rings is 2. The molecule has 0 saturated carbocycles. The smallest absolute Gasteiger partial charge is 0.254 e. The summed E-state index contributed by atoms with van der Waals surface area (Å²) in [4.78, 5) is 29.4. The molecule has 1 saturated heterocycles. The van der Waals surface area contributed by atoms with Gasteiger partial charge in [-0.1, -0.05) is 36.4 Å². The summed E-state index contributed by atoms with van der Waals surface area (Å²) < 4.78 is 0. The SMILES string of the molecule is CC(C)(C)NC(=O)CN1CCCN(C(=O)c2cccc3ccccc23)CC1. The van der Waals surface area contributed by atoms with E-state index < -0.39 is 0 Å². The van der Waals surface area contributed by atoms with Gasteiger partial charge < -0.3 is 10.2 Å². The zero-order chi connectivity index (χ0) is 19.4. The Labute approximate surface area is 161 Å². The molecule has 0 atom stereocenters. The van der Waals surface area contributed by atoms with Crippen LogP contribution in [0.3, 0.4) is 0 Å². The lowest BCUT2D eigenvalue weighted by Crippen LogP contribution is -2.46. The van der Waals surface area contributed by atoms with Crippen molar-refractivity contribution in [2.75, 3.05) is 32.7 Å². The molecular formula is C22H29N3O2.